The quantitative estimate of drug-likeness (QED) is 0.148. The molecule has 4 aliphatic carbocycles. The maximum Gasteiger partial charge on any atom is 0.0377 e. The van der Waals surface area contributed by atoms with Crippen LogP contribution in [0.25, 0.3) is 43.8 Å². The van der Waals surface area contributed by atoms with E-state index in [0.29, 0.717) is 24.2 Å². The molecular formula is C52H64N2. The first-order chi connectivity index (χ1) is 26.6. The van der Waals surface area contributed by atoms with Crippen molar-refractivity contribution in [1.82, 2.24) is 0 Å². The Kier molecular flexibility index (Phi) is 10.7. The highest BCUT2D eigenvalue weighted by Gasteiger charge is 2.32. The molecule has 2 nitrogen and oxygen atoms in total. The molecule has 0 radical (unpaired) electrons. The summed E-state index contributed by atoms with van der Waals surface area (Å²) in [7, 11) is 0. The van der Waals surface area contributed by atoms with Crippen molar-refractivity contribution >= 4 is 32.9 Å². The minimum absolute atomic E-state index is 0.664. The van der Waals surface area contributed by atoms with Gasteiger partial charge in [0.05, 0.1) is 0 Å². The van der Waals surface area contributed by atoms with Gasteiger partial charge in [0.15, 0.2) is 0 Å². The molecule has 5 aromatic carbocycles. The number of hydrogen-bond acceptors (Lipinski definition) is 2. The van der Waals surface area contributed by atoms with Crippen LogP contribution in [0.15, 0.2) is 84.9 Å². The van der Waals surface area contributed by atoms with E-state index >= 15 is 0 Å². The van der Waals surface area contributed by atoms with E-state index in [-0.39, 0.29) is 0 Å². The van der Waals surface area contributed by atoms with Gasteiger partial charge in [-0.25, -0.2) is 0 Å². The zero-order chi connectivity index (χ0) is 36.4. The highest BCUT2D eigenvalue weighted by molar-refractivity contribution is 6.22. The van der Waals surface area contributed by atoms with Crippen molar-refractivity contribution in [3.63, 3.8) is 0 Å². The topological polar surface area (TPSA) is 6.48 Å². The van der Waals surface area contributed by atoms with Gasteiger partial charge in [0.1, 0.15) is 0 Å². The summed E-state index contributed by atoms with van der Waals surface area (Å²) >= 11 is 0. The van der Waals surface area contributed by atoms with Gasteiger partial charge in [-0.1, -0.05) is 149 Å². The maximum atomic E-state index is 2.96. The van der Waals surface area contributed by atoms with Crippen molar-refractivity contribution in [3.8, 4) is 22.3 Å². The minimum Gasteiger partial charge on any atom is -0.366 e. The molecule has 0 bridgehead atoms. The predicted octanol–water partition coefficient (Wildman–Crippen LogP) is 14.9. The number of aryl methyl sites for hydroxylation is 2. The van der Waals surface area contributed by atoms with Gasteiger partial charge in [0.25, 0.3) is 0 Å². The predicted molar refractivity (Wildman–Crippen MR) is 234 cm³/mol. The molecule has 0 heterocycles. The second-order valence-corrected chi connectivity index (χ2v) is 17.9. The summed E-state index contributed by atoms with van der Waals surface area (Å²) < 4.78 is 0. The zero-order valence-electron chi connectivity index (χ0n) is 33.4. The first kappa shape index (κ1) is 35.9. The number of hydrogen-bond donors (Lipinski definition) is 0. The number of fused-ring (bicyclic) bond motifs is 3. The zero-order valence-corrected chi connectivity index (χ0v) is 33.4. The van der Waals surface area contributed by atoms with Crippen LogP contribution in [-0.4, -0.2) is 24.2 Å². The molecule has 0 unspecified atom stereocenters. The van der Waals surface area contributed by atoms with Crippen LogP contribution in [0, 0.1) is 13.8 Å². The molecule has 0 aliphatic heterocycles. The third-order valence-electron chi connectivity index (χ3n) is 14.2. The van der Waals surface area contributed by atoms with Gasteiger partial charge in [0.2, 0.25) is 0 Å². The Morgan fingerprint density at radius 1 is 0.333 bits per heavy atom. The Bertz CT molecular complexity index is 1830. The third kappa shape index (κ3) is 7.20. The first-order valence-corrected chi connectivity index (χ1v) is 22.4. The summed E-state index contributed by atoms with van der Waals surface area (Å²) in [6.45, 7) is 4.43. The van der Waals surface area contributed by atoms with Crippen LogP contribution >= 0.6 is 0 Å². The van der Waals surface area contributed by atoms with Crippen LogP contribution in [-0.2, 0) is 0 Å². The van der Waals surface area contributed by atoms with Crippen LogP contribution in [0.3, 0.4) is 0 Å². The summed E-state index contributed by atoms with van der Waals surface area (Å²) in [5.74, 6) is 0. The molecule has 54 heavy (non-hydrogen) atoms. The number of rotatable bonds is 8. The Labute approximate surface area is 326 Å². The lowest BCUT2D eigenvalue weighted by molar-refractivity contribution is 0.340. The van der Waals surface area contributed by atoms with Crippen molar-refractivity contribution in [2.45, 2.75) is 166 Å². The fourth-order valence-electron chi connectivity index (χ4n) is 11.5. The molecule has 282 valence electrons. The molecule has 0 atom stereocenters. The Balaban J connectivity index is 1.31. The summed E-state index contributed by atoms with van der Waals surface area (Å²) in [4.78, 5) is 5.92. The van der Waals surface area contributed by atoms with Crippen molar-refractivity contribution in [2.75, 3.05) is 9.80 Å². The molecule has 9 rings (SSSR count). The fourth-order valence-corrected chi connectivity index (χ4v) is 11.5. The Hall–Kier alpha value is -3.78. The van der Waals surface area contributed by atoms with Crippen LogP contribution < -0.4 is 9.80 Å². The lowest BCUT2D eigenvalue weighted by atomic mass is 9.83. The van der Waals surface area contributed by atoms with Crippen molar-refractivity contribution < 1.29 is 0 Å². The molecular weight excluding hydrogens is 653 g/mol. The molecule has 0 spiro atoms. The van der Waals surface area contributed by atoms with Crippen LogP contribution in [0.5, 0.6) is 0 Å². The van der Waals surface area contributed by atoms with Gasteiger partial charge in [-0.3, -0.25) is 0 Å². The van der Waals surface area contributed by atoms with E-state index in [4.69, 9.17) is 0 Å². The van der Waals surface area contributed by atoms with Crippen LogP contribution in [0.2, 0.25) is 0 Å². The van der Waals surface area contributed by atoms with Gasteiger partial charge in [-0.15, -0.1) is 0 Å². The van der Waals surface area contributed by atoms with E-state index in [1.54, 1.807) is 0 Å². The SMILES string of the molecule is Cc1ccc(-c2c(-c3ccc(C)cc3)c3ccc(N(C4CCCCC4)C4CCCCC4)cc3c3cc(N(C4CCCCC4)C4CCCCC4)ccc23)cc1. The summed E-state index contributed by atoms with van der Waals surface area (Å²) in [5.41, 5.74) is 11.0. The molecule has 5 aromatic rings. The summed E-state index contributed by atoms with van der Waals surface area (Å²) in [6, 6.07) is 36.9. The van der Waals surface area contributed by atoms with Gasteiger partial charge in [0, 0.05) is 35.5 Å². The summed E-state index contributed by atoms with van der Waals surface area (Å²) in [6.07, 6.45) is 27.4. The van der Waals surface area contributed by atoms with E-state index in [9.17, 15) is 0 Å². The smallest absolute Gasteiger partial charge is 0.0377 e. The first-order valence-electron chi connectivity index (χ1n) is 22.4. The fraction of sp³-hybridized carbons (Fsp3) is 0.500. The monoisotopic (exact) mass is 717 g/mol. The van der Waals surface area contributed by atoms with E-state index in [1.165, 1.54) is 195 Å². The second-order valence-electron chi connectivity index (χ2n) is 17.9. The molecule has 2 heteroatoms. The lowest BCUT2D eigenvalue weighted by Gasteiger charge is -2.44. The largest absolute Gasteiger partial charge is 0.366 e. The second kappa shape index (κ2) is 16.1. The van der Waals surface area contributed by atoms with E-state index in [1.807, 2.05) is 0 Å². The van der Waals surface area contributed by atoms with Gasteiger partial charge >= 0.3 is 0 Å². The molecule has 0 saturated heterocycles. The molecule has 0 aromatic heterocycles. The van der Waals surface area contributed by atoms with E-state index in [2.05, 4.69) is 109 Å². The summed E-state index contributed by atoms with van der Waals surface area (Å²) in [5, 5.41) is 5.69. The van der Waals surface area contributed by atoms with Crippen molar-refractivity contribution in [3.05, 3.63) is 96.1 Å². The average Bonchev–Trinajstić information content (AvgIpc) is 3.23. The lowest BCUT2D eigenvalue weighted by Crippen LogP contribution is -2.45. The van der Waals surface area contributed by atoms with Gasteiger partial charge < -0.3 is 9.80 Å². The third-order valence-corrected chi connectivity index (χ3v) is 14.2. The molecule has 4 saturated carbocycles. The number of benzene rings is 5. The van der Waals surface area contributed by atoms with Crippen molar-refractivity contribution in [2.24, 2.45) is 0 Å². The Morgan fingerprint density at radius 2 is 0.630 bits per heavy atom. The van der Waals surface area contributed by atoms with E-state index < -0.39 is 0 Å². The van der Waals surface area contributed by atoms with Crippen molar-refractivity contribution in [1.29, 1.82) is 0 Å². The average molecular weight is 717 g/mol. The van der Waals surface area contributed by atoms with Crippen LogP contribution in [0.1, 0.15) is 140 Å². The number of nitrogens with zero attached hydrogens (tertiary/aromatic N) is 2. The minimum atomic E-state index is 0.664. The maximum absolute atomic E-state index is 2.96. The number of anilines is 2. The highest BCUT2D eigenvalue weighted by Crippen LogP contribution is 2.48. The molecule has 4 fully saturated rings. The normalized spacial score (nSPS) is 19.7. The van der Waals surface area contributed by atoms with Gasteiger partial charge in [-0.05, 0) is 133 Å². The molecule has 0 N–H and O–H groups in total. The Morgan fingerprint density at radius 3 is 0.926 bits per heavy atom. The highest BCUT2D eigenvalue weighted by atomic mass is 15.2. The van der Waals surface area contributed by atoms with Gasteiger partial charge in [-0.2, -0.15) is 0 Å². The standard InChI is InChI=1S/C52H64N2/c1-37-23-27-39(28-24-37)51-47-33-31-45(53(41-15-7-3-8-16-41)42-17-9-4-10-18-42)35-49(47)50-36-46(32-34-48(50)52(51)40-29-25-38(2)26-30-40)54(43-19-11-5-12-20-43)44-21-13-6-14-22-44/h23-36,41-44H,3-22H2,1-2H3. The van der Waals surface area contributed by atoms with E-state index in [0.717, 1.165) is 0 Å². The molecule has 0 amide bonds. The molecule has 4 aliphatic rings. The van der Waals surface area contributed by atoms with Crippen LogP contribution in [0.4, 0.5) is 11.4 Å².